The van der Waals surface area contributed by atoms with Crippen LogP contribution in [0.2, 0.25) is 0 Å². The molecule has 1 fully saturated rings. The number of hydrogen-bond acceptors (Lipinski definition) is 3. The second-order valence-corrected chi connectivity index (χ2v) is 4.19. The summed E-state index contributed by atoms with van der Waals surface area (Å²) in [7, 11) is 0. The normalized spacial score (nSPS) is 17.5. The third kappa shape index (κ3) is 1.87. The average Bonchev–Trinajstić information content (AvgIpc) is 2.95. The smallest absolute Gasteiger partial charge is 0.307 e. The summed E-state index contributed by atoms with van der Waals surface area (Å²) in [6.45, 7) is 2.12. The lowest BCUT2D eigenvalue weighted by molar-refractivity contribution is -0.122. The van der Waals surface area contributed by atoms with E-state index in [0.29, 0.717) is 12.2 Å². The highest BCUT2D eigenvalue weighted by Gasteiger charge is 2.31. The minimum absolute atomic E-state index is 0.294. The zero-order chi connectivity index (χ0) is 13.4. The average molecular weight is 256 g/mol. The van der Waals surface area contributed by atoms with E-state index >= 15 is 0 Å². The van der Waals surface area contributed by atoms with Gasteiger partial charge in [-0.2, -0.15) is 0 Å². The van der Waals surface area contributed by atoms with Crippen molar-refractivity contribution in [3.05, 3.63) is 42.0 Å². The summed E-state index contributed by atoms with van der Waals surface area (Å²) in [6.07, 6.45) is 7.05. The number of aromatic nitrogens is 2. The van der Waals surface area contributed by atoms with Crippen LogP contribution in [0.3, 0.4) is 0 Å². The number of imide groups is 1. The molecule has 0 atom stereocenters. The molecule has 0 saturated carbocycles. The number of hydrogen-bond donors (Lipinski definition) is 1. The summed E-state index contributed by atoms with van der Waals surface area (Å²) in [4.78, 5) is 28.8. The van der Waals surface area contributed by atoms with Crippen molar-refractivity contribution < 1.29 is 9.59 Å². The van der Waals surface area contributed by atoms with Crippen LogP contribution in [0.1, 0.15) is 12.5 Å². The first kappa shape index (κ1) is 11.5. The van der Waals surface area contributed by atoms with Gasteiger partial charge in [-0.3, -0.25) is 9.69 Å². The molecule has 1 saturated heterocycles. The molecule has 0 aromatic carbocycles. The van der Waals surface area contributed by atoms with Crippen LogP contribution in [0.5, 0.6) is 0 Å². The highest BCUT2D eigenvalue weighted by Crippen LogP contribution is 2.14. The van der Waals surface area contributed by atoms with E-state index in [0.717, 1.165) is 11.2 Å². The van der Waals surface area contributed by atoms with Gasteiger partial charge in [0.2, 0.25) is 0 Å². The molecule has 0 aliphatic carbocycles. The number of nitrogens with zero attached hydrogens (tertiary/aromatic N) is 3. The van der Waals surface area contributed by atoms with Crippen LogP contribution in [0, 0.1) is 0 Å². The monoisotopic (exact) mass is 256 g/mol. The van der Waals surface area contributed by atoms with Crippen molar-refractivity contribution in [2.75, 3.05) is 6.54 Å². The SMILES string of the molecule is CCN1C(=O)N/C(=C/c2ccn3ccnc3c2)C1=O. The van der Waals surface area contributed by atoms with Gasteiger partial charge in [-0.05, 0) is 30.7 Å². The Morgan fingerprint density at radius 2 is 2.21 bits per heavy atom. The Labute approximate surface area is 109 Å². The molecular weight excluding hydrogens is 244 g/mol. The van der Waals surface area contributed by atoms with Gasteiger partial charge >= 0.3 is 6.03 Å². The molecule has 0 spiro atoms. The molecule has 6 heteroatoms. The summed E-state index contributed by atoms with van der Waals surface area (Å²) in [5.74, 6) is -0.296. The number of rotatable bonds is 2. The maximum absolute atomic E-state index is 11.9. The van der Waals surface area contributed by atoms with Crippen molar-refractivity contribution in [1.82, 2.24) is 19.6 Å². The molecule has 96 valence electrons. The lowest BCUT2D eigenvalue weighted by Gasteiger charge is -2.06. The number of carbonyl (C=O) groups is 2. The van der Waals surface area contributed by atoms with Gasteiger partial charge < -0.3 is 9.72 Å². The molecule has 3 rings (SSSR count). The quantitative estimate of drug-likeness (QED) is 0.649. The largest absolute Gasteiger partial charge is 0.328 e. The van der Waals surface area contributed by atoms with Crippen LogP contribution >= 0.6 is 0 Å². The lowest BCUT2D eigenvalue weighted by atomic mass is 10.2. The maximum atomic E-state index is 11.9. The highest BCUT2D eigenvalue weighted by atomic mass is 16.2. The van der Waals surface area contributed by atoms with Gasteiger partial charge in [0.05, 0.1) is 0 Å². The first-order chi connectivity index (χ1) is 9.19. The number of amides is 3. The van der Waals surface area contributed by atoms with Gasteiger partial charge in [0, 0.05) is 25.1 Å². The standard InChI is InChI=1S/C13H12N4O2/c1-2-17-12(18)10(15-13(17)19)7-9-3-5-16-6-4-14-11(16)8-9/h3-8H,2H2,1H3,(H,15,19)/b10-7+. The fraction of sp³-hybridized carbons (Fsp3) is 0.154. The Hall–Kier alpha value is -2.63. The van der Waals surface area contributed by atoms with E-state index in [-0.39, 0.29) is 11.9 Å². The minimum atomic E-state index is -0.374. The molecular formula is C13H12N4O2. The summed E-state index contributed by atoms with van der Waals surface area (Å²) < 4.78 is 1.87. The van der Waals surface area contributed by atoms with E-state index in [1.807, 2.05) is 28.9 Å². The molecule has 6 nitrogen and oxygen atoms in total. The number of carbonyl (C=O) groups excluding carboxylic acids is 2. The Morgan fingerprint density at radius 1 is 1.37 bits per heavy atom. The Kier molecular flexibility index (Phi) is 2.56. The second kappa shape index (κ2) is 4.24. The predicted octanol–water partition coefficient (Wildman–Crippen LogP) is 1.25. The Balaban J connectivity index is 1.97. The summed E-state index contributed by atoms with van der Waals surface area (Å²) in [6, 6.07) is 3.33. The van der Waals surface area contributed by atoms with Crippen LogP contribution in [-0.2, 0) is 4.79 Å². The van der Waals surface area contributed by atoms with E-state index in [1.165, 1.54) is 4.90 Å². The molecule has 19 heavy (non-hydrogen) atoms. The molecule has 3 amide bonds. The van der Waals surface area contributed by atoms with Gasteiger partial charge in [0.15, 0.2) is 0 Å². The van der Waals surface area contributed by atoms with Gasteiger partial charge in [-0.15, -0.1) is 0 Å². The molecule has 1 N–H and O–H groups in total. The number of urea groups is 1. The molecule has 2 aromatic rings. The summed E-state index contributed by atoms with van der Waals surface area (Å²) >= 11 is 0. The van der Waals surface area contributed by atoms with Crippen molar-refractivity contribution in [1.29, 1.82) is 0 Å². The van der Waals surface area contributed by atoms with E-state index in [4.69, 9.17) is 0 Å². The van der Waals surface area contributed by atoms with E-state index < -0.39 is 0 Å². The number of fused-ring (bicyclic) bond motifs is 1. The predicted molar refractivity (Wildman–Crippen MR) is 69.1 cm³/mol. The second-order valence-electron chi connectivity index (χ2n) is 4.19. The fourth-order valence-corrected chi connectivity index (χ4v) is 2.04. The number of imidazole rings is 1. The minimum Gasteiger partial charge on any atom is -0.307 e. The molecule has 0 unspecified atom stereocenters. The van der Waals surface area contributed by atoms with Gasteiger partial charge in [0.1, 0.15) is 11.3 Å². The number of pyridine rings is 1. The zero-order valence-electron chi connectivity index (χ0n) is 10.3. The maximum Gasteiger partial charge on any atom is 0.328 e. The first-order valence-electron chi connectivity index (χ1n) is 5.96. The topological polar surface area (TPSA) is 66.7 Å². The summed E-state index contributed by atoms with van der Waals surface area (Å²) in [5.41, 5.74) is 1.90. The molecule has 0 radical (unpaired) electrons. The van der Waals surface area contributed by atoms with Crippen LogP contribution in [0.4, 0.5) is 4.79 Å². The van der Waals surface area contributed by atoms with Crippen molar-refractivity contribution in [2.45, 2.75) is 6.92 Å². The molecule has 3 heterocycles. The van der Waals surface area contributed by atoms with Crippen LogP contribution < -0.4 is 5.32 Å². The third-order valence-electron chi connectivity index (χ3n) is 3.01. The van der Waals surface area contributed by atoms with Crippen LogP contribution in [-0.4, -0.2) is 32.8 Å². The van der Waals surface area contributed by atoms with Crippen molar-refractivity contribution in [2.24, 2.45) is 0 Å². The first-order valence-corrected chi connectivity index (χ1v) is 5.96. The van der Waals surface area contributed by atoms with E-state index in [1.54, 1.807) is 19.2 Å². The number of likely N-dealkylation sites (N-methyl/N-ethyl adjacent to an activating group) is 1. The van der Waals surface area contributed by atoms with Crippen molar-refractivity contribution in [3.8, 4) is 0 Å². The van der Waals surface area contributed by atoms with E-state index in [9.17, 15) is 9.59 Å². The van der Waals surface area contributed by atoms with Crippen molar-refractivity contribution >= 4 is 23.7 Å². The Bertz CT molecular complexity index is 701. The van der Waals surface area contributed by atoms with Crippen molar-refractivity contribution in [3.63, 3.8) is 0 Å². The van der Waals surface area contributed by atoms with Crippen LogP contribution in [0.15, 0.2) is 36.4 Å². The van der Waals surface area contributed by atoms with Gasteiger partial charge in [-0.1, -0.05) is 0 Å². The lowest BCUT2D eigenvalue weighted by Crippen LogP contribution is -2.30. The fourth-order valence-electron chi connectivity index (χ4n) is 2.04. The zero-order valence-corrected chi connectivity index (χ0v) is 10.3. The Morgan fingerprint density at radius 3 is 2.95 bits per heavy atom. The van der Waals surface area contributed by atoms with Gasteiger partial charge in [-0.25, -0.2) is 9.78 Å². The molecule has 1 aliphatic rings. The molecule has 0 bridgehead atoms. The van der Waals surface area contributed by atoms with Crippen LogP contribution in [0.25, 0.3) is 11.7 Å². The highest BCUT2D eigenvalue weighted by molar-refractivity contribution is 6.13. The van der Waals surface area contributed by atoms with Gasteiger partial charge in [0.25, 0.3) is 5.91 Å². The molecule has 2 aromatic heterocycles. The summed E-state index contributed by atoms with van der Waals surface area (Å²) in [5, 5.41) is 2.57. The number of nitrogens with one attached hydrogen (secondary N) is 1. The third-order valence-corrected chi connectivity index (χ3v) is 3.01. The molecule has 1 aliphatic heterocycles. The van der Waals surface area contributed by atoms with E-state index in [2.05, 4.69) is 10.3 Å².